The molecule has 5 nitrogen and oxygen atoms in total. The third-order valence-electron chi connectivity index (χ3n) is 3.77. The summed E-state index contributed by atoms with van der Waals surface area (Å²) >= 11 is 0.772. The first kappa shape index (κ1) is 19.2. The number of carbonyl (C=O) groups is 2. The van der Waals surface area contributed by atoms with E-state index in [0.717, 1.165) is 28.8 Å². The summed E-state index contributed by atoms with van der Waals surface area (Å²) in [5.41, 5.74) is -0.519. The van der Waals surface area contributed by atoms with Crippen LogP contribution in [0.1, 0.15) is 11.3 Å². The summed E-state index contributed by atoms with van der Waals surface area (Å²) in [6.07, 6.45) is -3.05. The van der Waals surface area contributed by atoms with Gasteiger partial charge in [0.1, 0.15) is 11.5 Å². The van der Waals surface area contributed by atoms with Crippen molar-refractivity contribution in [2.75, 3.05) is 20.3 Å². The average molecular weight is 397 g/mol. The number of amides is 2. The Morgan fingerprint density at radius 2 is 2.00 bits per heavy atom. The molecule has 1 aliphatic heterocycles. The number of hydrogen-bond donors (Lipinski definition) is 0. The summed E-state index contributed by atoms with van der Waals surface area (Å²) in [7, 11) is 1.47. The van der Waals surface area contributed by atoms with Crippen molar-refractivity contribution < 1.29 is 31.9 Å². The number of hydrogen-bond acceptors (Lipinski definition) is 5. The Kier molecular flexibility index (Phi) is 5.43. The molecule has 1 saturated heterocycles. The number of benzene rings is 1. The molecule has 2 aromatic rings. The van der Waals surface area contributed by atoms with E-state index >= 15 is 0 Å². The van der Waals surface area contributed by atoms with Crippen LogP contribution in [0.25, 0.3) is 17.4 Å². The summed E-state index contributed by atoms with van der Waals surface area (Å²) < 4.78 is 48.9. The second-order valence-corrected chi connectivity index (χ2v) is 6.60. The van der Waals surface area contributed by atoms with Crippen LogP contribution < -0.4 is 0 Å². The number of furan rings is 1. The van der Waals surface area contributed by atoms with E-state index in [1.54, 1.807) is 0 Å². The summed E-state index contributed by atoms with van der Waals surface area (Å²) in [4.78, 5) is 25.4. The normalized spacial score (nSPS) is 16.6. The molecule has 0 unspecified atom stereocenters. The molecule has 0 spiro atoms. The van der Waals surface area contributed by atoms with E-state index in [1.807, 2.05) is 0 Å². The van der Waals surface area contributed by atoms with E-state index < -0.39 is 22.9 Å². The van der Waals surface area contributed by atoms with Gasteiger partial charge in [-0.2, -0.15) is 13.2 Å². The Morgan fingerprint density at radius 1 is 1.22 bits per heavy atom. The fourth-order valence-corrected chi connectivity index (χ4v) is 3.28. The maximum atomic E-state index is 12.8. The number of ether oxygens (including phenoxy) is 1. The number of carbonyl (C=O) groups excluding carboxylic acids is 2. The Morgan fingerprint density at radius 3 is 2.70 bits per heavy atom. The monoisotopic (exact) mass is 397 g/mol. The number of imide groups is 1. The quantitative estimate of drug-likeness (QED) is 0.688. The predicted octanol–water partition coefficient (Wildman–Crippen LogP) is 4.65. The van der Waals surface area contributed by atoms with Crippen LogP contribution in [0.2, 0.25) is 0 Å². The lowest BCUT2D eigenvalue weighted by Gasteiger charge is -2.10. The van der Waals surface area contributed by atoms with E-state index in [4.69, 9.17) is 9.15 Å². The van der Waals surface area contributed by atoms with Crippen molar-refractivity contribution in [1.82, 2.24) is 4.90 Å². The second kappa shape index (κ2) is 7.61. The lowest BCUT2D eigenvalue weighted by atomic mass is 10.1. The molecule has 1 aromatic heterocycles. The van der Waals surface area contributed by atoms with Crippen molar-refractivity contribution in [2.24, 2.45) is 0 Å². The molecule has 0 radical (unpaired) electrons. The summed E-state index contributed by atoms with van der Waals surface area (Å²) in [6.45, 7) is 0.373. The van der Waals surface area contributed by atoms with Gasteiger partial charge in [0.2, 0.25) is 0 Å². The minimum absolute atomic E-state index is 0.145. The van der Waals surface area contributed by atoms with Crippen LogP contribution >= 0.6 is 11.8 Å². The molecular weight excluding hydrogens is 383 g/mol. The standard InChI is InChI=1S/C18H14F3NO4S/c1-25-8-7-22-16(23)15(27-17(22)24)10-13-5-6-14(26-13)11-3-2-4-12(9-11)18(19,20)21/h2-6,9-10H,7-8H2,1H3/b15-10+. The van der Waals surface area contributed by atoms with Crippen LogP contribution in [0.3, 0.4) is 0 Å². The second-order valence-electron chi connectivity index (χ2n) is 5.61. The average Bonchev–Trinajstić information content (AvgIpc) is 3.18. The minimum atomic E-state index is -4.45. The molecule has 3 rings (SSSR count). The van der Waals surface area contributed by atoms with Gasteiger partial charge < -0.3 is 9.15 Å². The predicted molar refractivity (Wildman–Crippen MR) is 93.7 cm³/mol. The molecule has 142 valence electrons. The Hall–Kier alpha value is -2.52. The summed E-state index contributed by atoms with van der Waals surface area (Å²) in [6, 6.07) is 7.79. The fraction of sp³-hybridized carbons (Fsp3) is 0.222. The zero-order chi connectivity index (χ0) is 19.6. The fourth-order valence-electron chi connectivity index (χ4n) is 2.44. The largest absolute Gasteiger partial charge is 0.457 e. The molecule has 0 saturated carbocycles. The first-order valence-electron chi connectivity index (χ1n) is 7.81. The molecule has 9 heteroatoms. The smallest absolute Gasteiger partial charge is 0.416 e. The van der Waals surface area contributed by atoms with Gasteiger partial charge in [0.15, 0.2) is 0 Å². The Bertz CT molecular complexity index is 904. The molecule has 0 atom stereocenters. The van der Waals surface area contributed by atoms with Crippen molar-refractivity contribution in [3.63, 3.8) is 0 Å². The highest BCUT2D eigenvalue weighted by atomic mass is 32.2. The Balaban J connectivity index is 1.82. The number of alkyl halides is 3. The lowest BCUT2D eigenvalue weighted by molar-refractivity contribution is -0.137. The van der Waals surface area contributed by atoms with Gasteiger partial charge in [-0.3, -0.25) is 14.5 Å². The minimum Gasteiger partial charge on any atom is -0.457 e. The van der Waals surface area contributed by atoms with Crippen LogP contribution in [0.4, 0.5) is 18.0 Å². The van der Waals surface area contributed by atoms with Crippen molar-refractivity contribution in [3.8, 4) is 11.3 Å². The molecule has 2 heterocycles. The number of methoxy groups -OCH3 is 1. The maximum Gasteiger partial charge on any atom is 0.416 e. The topological polar surface area (TPSA) is 59.8 Å². The van der Waals surface area contributed by atoms with Crippen LogP contribution in [0.15, 0.2) is 45.7 Å². The van der Waals surface area contributed by atoms with Crippen molar-refractivity contribution in [2.45, 2.75) is 6.18 Å². The van der Waals surface area contributed by atoms with Crippen LogP contribution in [-0.4, -0.2) is 36.3 Å². The number of thioether (sulfide) groups is 1. The third kappa shape index (κ3) is 4.25. The maximum absolute atomic E-state index is 12.8. The summed E-state index contributed by atoms with van der Waals surface area (Å²) in [5.74, 6) is 0.0321. The van der Waals surface area contributed by atoms with E-state index in [2.05, 4.69) is 0 Å². The zero-order valence-electron chi connectivity index (χ0n) is 14.1. The molecule has 27 heavy (non-hydrogen) atoms. The molecule has 0 bridgehead atoms. The van der Waals surface area contributed by atoms with Crippen LogP contribution in [-0.2, 0) is 15.7 Å². The van der Waals surface area contributed by atoms with Crippen molar-refractivity contribution in [1.29, 1.82) is 0 Å². The zero-order valence-corrected chi connectivity index (χ0v) is 14.9. The molecular formula is C18H14F3NO4S. The van der Waals surface area contributed by atoms with Gasteiger partial charge in [-0.15, -0.1) is 0 Å². The van der Waals surface area contributed by atoms with E-state index in [9.17, 15) is 22.8 Å². The highest BCUT2D eigenvalue weighted by Gasteiger charge is 2.35. The van der Waals surface area contributed by atoms with Gasteiger partial charge in [-0.25, -0.2) is 0 Å². The first-order chi connectivity index (χ1) is 12.8. The van der Waals surface area contributed by atoms with Gasteiger partial charge >= 0.3 is 6.18 Å². The van der Waals surface area contributed by atoms with Crippen molar-refractivity contribution in [3.05, 3.63) is 52.6 Å². The van der Waals surface area contributed by atoms with Crippen LogP contribution in [0.5, 0.6) is 0 Å². The van der Waals surface area contributed by atoms with Crippen LogP contribution in [0, 0.1) is 0 Å². The Labute approximate surface area is 156 Å². The van der Waals surface area contributed by atoms with Gasteiger partial charge in [0.05, 0.1) is 23.6 Å². The van der Waals surface area contributed by atoms with E-state index in [0.29, 0.717) is 0 Å². The molecule has 0 aliphatic carbocycles. The van der Waals surface area contributed by atoms with Gasteiger partial charge in [-0.05, 0) is 36.0 Å². The number of halogens is 3. The number of rotatable bonds is 5. The lowest BCUT2D eigenvalue weighted by Crippen LogP contribution is -2.31. The van der Waals surface area contributed by atoms with Gasteiger partial charge in [-0.1, -0.05) is 12.1 Å². The van der Waals surface area contributed by atoms with E-state index in [-0.39, 0.29) is 35.1 Å². The van der Waals surface area contributed by atoms with Gasteiger partial charge in [0.25, 0.3) is 11.1 Å². The molecule has 1 fully saturated rings. The highest BCUT2D eigenvalue weighted by Crippen LogP contribution is 2.35. The molecule has 1 aromatic carbocycles. The molecule has 2 amide bonds. The first-order valence-corrected chi connectivity index (χ1v) is 8.63. The summed E-state index contributed by atoms with van der Waals surface area (Å²) in [5, 5.41) is -0.409. The number of nitrogens with zero attached hydrogens (tertiary/aromatic N) is 1. The van der Waals surface area contributed by atoms with Gasteiger partial charge in [0, 0.05) is 18.7 Å². The molecule has 0 N–H and O–H groups in total. The van der Waals surface area contributed by atoms with Crippen molar-refractivity contribution >= 4 is 29.0 Å². The SMILES string of the molecule is COCCN1C(=O)S/C(=C/c2ccc(-c3cccc(C(F)(F)F)c3)o2)C1=O. The third-order valence-corrected chi connectivity index (χ3v) is 4.67. The highest BCUT2D eigenvalue weighted by molar-refractivity contribution is 8.18. The van der Waals surface area contributed by atoms with E-state index in [1.165, 1.54) is 37.5 Å². The molecule has 1 aliphatic rings.